The molecule has 1 aliphatic heterocycles. The first-order chi connectivity index (χ1) is 16.4. The van der Waals surface area contributed by atoms with Crippen molar-refractivity contribution in [2.45, 2.75) is 51.7 Å². The Bertz CT molecular complexity index is 1250. The lowest BCUT2D eigenvalue weighted by Gasteiger charge is -2.29. The summed E-state index contributed by atoms with van der Waals surface area (Å²) in [5, 5.41) is 7.02. The van der Waals surface area contributed by atoms with Gasteiger partial charge in [-0.05, 0) is 80.9 Å². The van der Waals surface area contributed by atoms with E-state index in [2.05, 4.69) is 45.0 Å². The molecule has 1 amide bonds. The number of carbonyl (C=O) groups is 1. The zero-order chi connectivity index (χ0) is 24.0. The third-order valence-corrected chi connectivity index (χ3v) is 6.94. The normalized spacial score (nSPS) is 19.8. The first-order valence-corrected chi connectivity index (χ1v) is 11.9. The third kappa shape index (κ3) is 3.92. The van der Waals surface area contributed by atoms with E-state index in [4.69, 9.17) is 17.0 Å². The van der Waals surface area contributed by atoms with Gasteiger partial charge in [0.2, 0.25) is 5.91 Å². The molecular formula is C26H29N5O2S. The highest BCUT2D eigenvalue weighted by Crippen LogP contribution is 2.46. The molecule has 1 aromatic carbocycles. The number of carbonyl (C=O) groups excluding carboxylic acids is 1. The molecule has 5 rings (SSSR count). The minimum atomic E-state index is -0.159. The molecule has 1 saturated carbocycles. The number of benzene rings is 1. The van der Waals surface area contributed by atoms with Crippen LogP contribution in [-0.2, 0) is 4.79 Å². The Labute approximate surface area is 205 Å². The molecule has 1 saturated heterocycles. The van der Waals surface area contributed by atoms with Crippen molar-refractivity contribution in [2.24, 2.45) is 0 Å². The molecule has 34 heavy (non-hydrogen) atoms. The fraction of sp³-hybridized carbons (Fsp3) is 0.346. The van der Waals surface area contributed by atoms with E-state index in [1.165, 1.54) is 36.7 Å². The van der Waals surface area contributed by atoms with Crippen LogP contribution in [-0.4, -0.2) is 27.7 Å². The van der Waals surface area contributed by atoms with Gasteiger partial charge in [-0.2, -0.15) is 0 Å². The Hall–Kier alpha value is -3.39. The zero-order valence-corrected chi connectivity index (χ0v) is 20.6. The van der Waals surface area contributed by atoms with Gasteiger partial charge in [-0.1, -0.05) is 6.07 Å². The molecule has 7 nitrogen and oxygen atoms in total. The molecule has 2 fully saturated rings. The van der Waals surface area contributed by atoms with Crippen molar-refractivity contribution in [3.63, 3.8) is 0 Å². The number of aromatic nitrogens is 2. The van der Waals surface area contributed by atoms with Gasteiger partial charge in [0, 0.05) is 36.2 Å². The molecular weight excluding hydrogens is 446 g/mol. The first-order valence-electron chi connectivity index (χ1n) is 11.5. The molecule has 176 valence electrons. The molecule has 1 aliphatic carbocycles. The maximum absolute atomic E-state index is 11.8. The Morgan fingerprint density at radius 2 is 2.00 bits per heavy atom. The molecule has 0 spiro atoms. The van der Waals surface area contributed by atoms with Gasteiger partial charge in [-0.25, -0.2) is 0 Å². The number of amides is 1. The molecule has 2 aliphatic rings. The molecule has 2 N–H and O–H groups in total. The Morgan fingerprint density at radius 3 is 2.65 bits per heavy atom. The van der Waals surface area contributed by atoms with Gasteiger partial charge in [0.15, 0.2) is 5.11 Å². The molecule has 2 aromatic heterocycles. The van der Waals surface area contributed by atoms with Crippen LogP contribution in [0.2, 0.25) is 0 Å². The maximum Gasteiger partial charge on any atom is 0.221 e. The standard InChI is InChI=1S/C26H29N5O2S/c1-15-13-20(16(2)30(15)18-8-9-18)25-24(21-7-5-6-12-27-21)29-26(34)31(25)19-10-11-23(33-4)22(14-19)28-17(3)32/h5-7,10-14,18,24-25H,8-9H2,1-4H3,(H,28,32)(H,29,34). The van der Waals surface area contributed by atoms with Crippen molar-refractivity contribution in [3.8, 4) is 5.75 Å². The monoisotopic (exact) mass is 475 g/mol. The molecule has 2 unspecified atom stereocenters. The summed E-state index contributed by atoms with van der Waals surface area (Å²) in [5.74, 6) is 0.440. The number of aryl methyl sites for hydroxylation is 1. The molecule has 0 radical (unpaired) electrons. The minimum absolute atomic E-state index is 0.0975. The number of hydrogen-bond acceptors (Lipinski definition) is 4. The van der Waals surface area contributed by atoms with Gasteiger partial charge >= 0.3 is 0 Å². The van der Waals surface area contributed by atoms with Gasteiger partial charge < -0.3 is 24.8 Å². The van der Waals surface area contributed by atoms with Crippen molar-refractivity contribution in [1.29, 1.82) is 0 Å². The second-order valence-electron chi connectivity index (χ2n) is 8.99. The lowest BCUT2D eigenvalue weighted by Crippen LogP contribution is -2.29. The van der Waals surface area contributed by atoms with Crippen LogP contribution < -0.4 is 20.3 Å². The van der Waals surface area contributed by atoms with Crippen LogP contribution in [0.3, 0.4) is 0 Å². The van der Waals surface area contributed by atoms with Crippen molar-refractivity contribution >= 4 is 34.6 Å². The average molecular weight is 476 g/mol. The lowest BCUT2D eigenvalue weighted by molar-refractivity contribution is -0.114. The largest absolute Gasteiger partial charge is 0.495 e. The SMILES string of the molecule is COc1ccc(N2C(=S)NC(c3ccccn3)C2c2cc(C)n(C3CC3)c2C)cc1NC(C)=O. The number of thiocarbonyl (C=S) groups is 1. The molecule has 8 heteroatoms. The van der Waals surface area contributed by atoms with Crippen molar-refractivity contribution in [2.75, 3.05) is 17.3 Å². The summed E-state index contributed by atoms with van der Waals surface area (Å²) in [4.78, 5) is 18.6. The van der Waals surface area contributed by atoms with E-state index in [1.807, 2.05) is 42.6 Å². The highest BCUT2D eigenvalue weighted by atomic mass is 32.1. The molecule has 3 heterocycles. The summed E-state index contributed by atoms with van der Waals surface area (Å²) < 4.78 is 7.93. The van der Waals surface area contributed by atoms with Gasteiger partial charge in [0.25, 0.3) is 0 Å². The average Bonchev–Trinajstić information content (AvgIpc) is 3.52. The van der Waals surface area contributed by atoms with Crippen molar-refractivity contribution in [1.82, 2.24) is 14.9 Å². The first kappa shape index (κ1) is 22.4. The number of nitrogens with zero attached hydrogens (tertiary/aromatic N) is 3. The van der Waals surface area contributed by atoms with Crippen LogP contribution in [0.1, 0.15) is 60.5 Å². The summed E-state index contributed by atoms with van der Waals surface area (Å²) in [5.41, 5.74) is 6.17. The van der Waals surface area contributed by atoms with Crippen LogP contribution in [0.4, 0.5) is 11.4 Å². The molecule has 3 aromatic rings. The maximum atomic E-state index is 11.8. The van der Waals surface area contributed by atoms with Crippen LogP contribution >= 0.6 is 12.2 Å². The Kier molecular flexibility index (Phi) is 5.77. The number of hydrogen-bond donors (Lipinski definition) is 2. The van der Waals surface area contributed by atoms with Crippen LogP contribution in [0.5, 0.6) is 5.75 Å². The highest BCUT2D eigenvalue weighted by molar-refractivity contribution is 7.80. The zero-order valence-electron chi connectivity index (χ0n) is 19.8. The minimum Gasteiger partial charge on any atom is -0.495 e. The summed E-state index contributed by atoms with van der Waals surface area (Å²) in [6, 6.07) is 14.4. The Morgan fingerprint density at radius 1 is 1.21 bits per heavy atom. The third-order valence-electron chi connectivity index (χ3n) is 6.62. The molecule has 2 atom stereocenters. The number of pyridine rings is 1. The quantitative estimate of drug-likeness (QED) is 0.490. The number of nitrogens with one attached hydrogen (secondary N) is 2. The van der Waals surface area contributed by atoms with Crippen LogP contribution in [0.25, 0.3) is 0 Å². The van der Waals surface area contributed by atoms with Gasteiger partial charge in [0.05, 0.1) is 30.6 Å². The smallest absolute Gasteiger partial charge is 0.221 e. The fourth-order valence-corrected chi connectivity index (χ4v) is 5.42. The van der Waals surface area contributed by atoms with E-state index >= 15 is 0 Å². The topological polar surface area (TPSA) is 71.4 Å². The van der Waals surface area contributed by atoms with E-state index in [1.54, 1.807) is 7.11 Å². The summed E-state index contributed by atoms with van der Waals surface area (Å²) >= 11 is 5.88. The predicted molar refractivity (Wildman–Crippen MR) is 137 cm³/mol. The Balaban J connectivity index is 1.65. The number of ether oxygens (including phenoxy) is 1. The van der Waals surface area contributed by atoms with Gasteiger partial charge in [-0.15, -0.1) is 0 Å². The second kappa shape index (κ2) is 8.76. The number of rotatable bonds is 6. The van der Waals surface area contributed by atoms with Gasteiger partial charge in [-0.3, -0.25) is 9.78 Å². The van der Waals surface area contributed by atoms with E-state index < -0.39 is 0 Å². The number of anilines is 2. The van der Waals surface area contributed by atoms with E-state index in [0.717, 1.165) is 11.4 Å². The highest BCUT2D eigenvalue weighted by Gasteiger charge is 2.43. The second-order valence-corrected chi connectivity index (χ2v) is 9.38. The van der Waals surface area contributed by atoms with E-state index in [0.29, 0.717) is 22.6 Å². The number of methoxy groups -OCH3 is 1. The van der Waals surface area contributed by atoms with Crippen molar-refractivity contribution in [3.05, 3.63) is 71.3 Å². The summed E-state index contributed by atoms with van der Waals surface area (Å²) in [6.07, 6.45) is 4.27. The van der Waals surface area contributed by atoms with E-state index in [-0.39, 0.29) is 18.0 Å². The predicted octanol–water partition coefficient (Wildman–Crippen LogP) is 4.98. The summed E-state index contributed by atoms with van der Waals surface area (Å²) in [7, 11) is 1.59. The van der Waals surface area contributed by atoms with Crippen LogP contribution in [0.15, 0.2) is 48.7 Å². The summed E-state index contributed by atoms with van der Waals surface area (Å²) in [6.45, 7) is 5.87. The lowest BCUT2D eigenvalue weighted by atomic mass is 9.96. The fourth-order valence-electron chi connectivity index (χ4n) is 5.08. The molecule has 0 bridgehead atoms. The van der Waals surface area contributed by atoms with Crippen LogP contribution in [0, 0.1) is 13.8 Å². The van der Waals surface area contributed by atoms with Gasteiger partial charge in [0.1, 0.15) is 5.75 Å². The van der Waals surface area contributed by atoms with Crippen molar-refractivity contribution < 1.29 is 9.53 Å². The van der Waals surface area contributed by atoms with E-state index in [9.17, 15) is 4.79 Å².